The second-order valence-corrected chi connectivity index (χ2v) is 7.68. The Morgan fingerprint density at radius 1 is 0.963 bits per heavy atom. The Hall–Kier alpha value is -2.21. The van der Waals surface area contributed by atoms with Crippen LogP contribution in [0.1, 0.15) is 21.5 Å². The third kappa shape index (κ3) is 3.76. The van der Waals surface area contributed by atoms with Crippen LogP contribution in [0.2, 0.25) is 5.02 Å². The van der Waals surface area contributed by atoms with Crippen LogP contribution in [-0.4, -0.2) is 54.3 Å². The van der Waals surface area contributed by atoms with E-state index in [1.54, 1.807) is 23.1 Å². The van der Waals surface area contributed by atoms with Crippen molar-refractivity contribution >= 4 is 29.0 Å². The monoisotopic (exact) mass is 383 g/mol. The molecular weight excluding hydrogens is 362 g/mol. The number of benzene rings is 2. The molecule has 0 N–H and O–H groups in total. The Kier molecular flexibility index (Phi) is 5.00. The molecule has 0 atom stereocenters. The number of carbonyl (C=O) groups is 2. The van der Waals surface area contributed by atoms with Gasteiger partial charge in [0.25, 0.3) is 5.78 Å². The average molecular weight is 384 g/mol. The highest BCUT2D eigenvalue weighted by Gasteiger charge is 2.37. The van der Waals surface area contributed by atoms with Gasteiger partial charge in [-0.1, -0.05) is 41.4 Å². The maximum atomic E-state index is 12.4. The molecule has 0 aromatic heterocycles. The van der Waals surface area contributed by atoms with Crippen LogP contribution in [0.25, 0.3) is 0 Å². The summed E-state index contributed by atoms with van der Waals surface area (Å²) in [5, 5.41) is 0.474. The molecule has 2 aliphatic rings. The largest absolute Gasteiger partial charge is 0.300 e. The van der Waals surface area contributed by atoms with Crippen molar-refractivity contribution in [3.05, 3.63) is 64.2 Å². The summed E-state index contributed by atoms with van der Waals surface area (Å²) in [5.41, 5.74) is 3.68. The molecule has 0 radical (unpaired) electrons. The summed E-state index contributed by atoms with van der Waals surface area (Å²) in [6, 6.07) is 13.7. The van der Waals surface area contributed by atoms with Crippen molar-refractivity contribution in [1.82, 2.24) is 9.80 Å². The van der Waals surface area contributed by atoms with E-state index in [0.29, 0.717) is 22.9 Å². The van der Waals surface area contributed by atoms with Crippen LogP contribution in [0, 0.1) is 6.92 Å². The predicted molar refractivity (Wildman–Crippen MR) is 106 cm³/mol. The molecule has 4 rings (SSSR count). The molecule has 2 aromatic rings. The van der Waals surface area contributed by atoms with Gasteiger partial charge in [0, 0.05) is 37.7 Å². The third-order valence-electron chi connectivity index (χ3n) is 5.23. The molecule has 2 aromatic carbocycles. The highest BCUT2D eigenvalue weighted by Crippen LogP contribution is 2.31. The normalized spacial score (nSPS) is 18.2. The van der Waals surface area contributed by atoms with Gasteiger partial charge in [0.1, 0.15) is 0 Å². The Bertz CT molecular complexity index is 891. The topological polar surface area (TPSA) is 43.9 Å². The zero-order valence-corrected chi connectivity index (χ0v) is 16.1. The van der Waals surface area contributed by atoms with Crippen molar-refractivity contribution in [2.24, 2.45) is 0 Å². The van der Waals surface area contributed by atoms with E-state index >= 15 is 0 Å². The molecule has 2 aliphatic heterocycles. The van der Waals surface area contributed by atoms with Gasteiger partial charge in [0.2, 0.25) is 0 Å². The lowest BCUT2D eigenvalue weighted by Gasteiger charge is -2.36. The van der Waals surface area contributed by atoms with Crippen molar-refractivity contribution in [3.63, 3.8) is 0 Å². The van der Waals surface area contributed by atoms with Crippen LogP contribution in [-0.2, 0) is 11.3 Å². The maximum Gasteiger partial charge on any atom is 0.300 e. The van der Waals surface area contributed by atoms with E-state index in [4.69, 9.17) is 11.6 Å². The minimum atomic E-state index is -0.467. The third-order valence-corrected chi connectivity index (χ3v) is 5.46. The fourth-order valence-corrected chi connectivity index (χ4v) is 3.94. The molecule has 1 amide bonds. The first-order valence-electron chi connectivity index (χ1n) is 9.17. The number of aryl methyl sites for hydroxylation is 1. The molecule has 1 saturated heterocycles. The van der Waals surface area contributed by atoms with Gasteiger partial charge in [-0.25, -0.2) is 0 Å². The predicted octanol–water partition coefficient (Wildman–Crippen LogP) is 2.95. The first-order chi connectivity index (χ1) is 13.0. The Morgan fingerprint density at radius 3 is 2.44 bits per heavy atom. The van der Waals surface area contributed by atoms with Crippen molar-refractivity contribution in [2.75, 3.05) is 37.7 Å². The number of ketones is 1. The molecule has 5 nitrogen and oxygen atoms in total. The zero-order chi connectivity index (χ0) is 19.0. The smallest absolute Gasteiger partial charge is 0.297 e. The molecule has 6 heteroatoms. The number of halogens is 1. The number of anilines is 1. The van der Waals surface area contributed by atoms with E-state index in [2.05, 4.69) is 41.0 Å². The summed E-state index contributed by atoms with van der Waals surface area (Å²) in [7, 11) is 0. The van der Waals surface area contributed by atoms with Gasteiger partial charge in [-0.2, -0.15) is 0 Å². The summed E-state index contributed by atoms with van der Waals surface area (Å²) in [6.45, 7) is 7.12. The molecule has 0 spiro atoms. The van der Waals surface area contributed by atoms with E-state index in [-0.39, 0.29) is 0 Å². The molecule has 0 aliphatic carbocycles. The molecule has 1 fully saturated rings. The molecule has 140 valence electrons. The summed E-state index contributed by atoms with van der Waals surface area (Å²) >= 11 is 5.97. The van der Waals surface area contributed by atoms with Crippen LogP contribution in [0.15, 0.2) is 42.5 Å². The standard InChI is InChI=1S/C21H22ClN3O2/c1-15-3-2-4-16(11-15)13-23-7-9-24(10-8-23)14-25-19-6-5-17(22)12-18(19)20(26)21(25)27/h2-6,11-12H,7-10,13-14H2,1H3. The summed E-state index contributed by atoms with van der Waals surface area (Å²) in [4.78, 5) is 30.8. The average Bonchev–Trinajstić information content (AvgIpc) is 2.88. The summed E-state index contributed by atoms with van der Waals surface area (Å²) < 4.78 is 0. The van der Waals surface area contributed by atoms with Crippen LogP contribution in [0.5, 0.6) is 0 Å². The molecule has 0 saturated carbocycles. The van der Waals surface area contributed by atoms with Crippen LogP contribution >= 0.6 is 11.6 Å². The lowest BCUT2D eigenvalue weighted by Crippen LogP contribution is -2.50. The summed E-state index contributed by atoms with van der Waals surface area (Å²) in [6.07, 6.45) is 0. The number of amides is 1. The molecule has 0 unspecified atom stereocenters. The number of Topliss-reactive ketones (excluding diaryl/α,β-unsaturated/α-hetero) is 1. The van der Waals surface area contributed by atoms with Crippen LogP contribution < -0.4 is 4.90 Å². The first-order valence-corrected chi connectivity index (χ1v) is 9.55. The Balaban J connectivity index is 1.37. The van der Waals surface area contributed by atoms with Gasteiger partial charge in [-0.15, -0.1) is 0 Å². The first kappa shape index (κ1) is 18.2. The lowest BCUT2D eigenvalue weighted by molar-refractivity contribution is -0.114. The minimum Gasteiger partial charge on any atom is -0.297 e. The Morgan fingerprint density at radius 2 is 1.70 bits per heavy atom. The fraction of sp³-hybridized carbons (Fsp3) is 0.333. The van der Waals surface area contributed by atoms with E-state index in [1.165, 1.54) is 11.1 Å². The van der Waals surface area contributed by atoms with Crippen molar-refractivity contribution in [2.45, 2.75) is 13.5 Å². The number of rotatable bonds is 4. The van der Waals surface area contributed by atoms with E-state index in [1.807, 2.05) is 0 Å². The molecule has 2 heterocycles. The number of carbonyl (C=O) groups excluding carboxylic acids is 2. The second kappa shape index (κ2) is 7.43. The highest BCUT2D eigenvalue weighted by atomic mass is 35.5. The highest BCUT2D eigenvalue weighted by molar-refractivity contribution is 6.52. The number of nitrogens with zero attached hydrogens (tertiary/aromatic N) is 3. The number of hydrogen-bond acceptors (Lipinski definition) is 4. The minimum absolute atomic E-state index is 0.408. The maximum absolute atomic E-state index is 12.4. The molecule has 0 bridgehead atoms. The number of hydrogen-bond donors (Lipinski definition) is 0. The van der Waals surface area contributed by atoms with Crippen LogP contribution in [0.3, 0.4) is 0 Å². The number of piperazine rings is 1. The van der Waals surface area contributed by atoms with E-state index in [9.17, 15) is 9.59 Å². The van der Waals surface area contributed by atoms with Crippen molar-refractivity contribution in [1.29, 1.82) is 0 Å². The Labute approximate surface area is 164 Å². The van der Waals surface area contributed by atoms with Gasteiger partial charge in [-0.05, 0) is 30.7 Å². The molecular formula is C21H22ClN3O2. The van der Waals surface area contributed by atoms with Crippen LogP contribution in [0.4, 0.5) is 5.69 Å². The van der Waals surface area contributed by atoms with Gasteiger partial charge in [-0.3, -0.25) is 24.3 Å². The SMILES string of the molecule is Cc1cccc(CN2CCN(CN3C(=O)C(=O)c4cc(Cl)ccc43)CC2)c1. The molecule has 27 heavy (non-hydrogen) atoms. The fourth-order valence-electron chi connectivity index (χ4n) is 3.77. The van der Waals surface area contributed by atoms with Gasteiger partial charge >= 0.3 is 5.91 Å². The summed E-state index contributed by atoms with van der Waals surface area (Å²) in [5.74, 6) is -0.931. The zero-order valence-electron chi connectivity index (χ0n) is 15.3. The lowest BCUT2D eigenvalue weighted by atomic mass is 10.1. The quantitative estimate of drug-likeness (QED) is 0.761. The van der Waals surface area contributed by atoms with Gasteiger partial charge in [0.15, 0.2) is 0 Å². The van der Waals surface area contributed by atoms with Crippen molar-refractivity contribution in [3.8, 4) is 0 Å². The van der Waals surface area contributed by atoms with Crippen molar-refractivity contribution < 1.29 is 9.59 Å². The second-order valence-electron chi connectivity index (χ2n) is 7.25. The number of fused-ring (bicyclic) bond motifs is 1. The van der Waals surface area contributed by atoms with E-state index < -0.39 is 11.7 Å². The van der Waals surface area contributed by atoms with Gasteiger partial charge < -0.3 is 0 Å². The van der Waals surface area contributed by atoms with Gasteiger partial charge in [0.05, 0.1) is 17.9 Å². The van der Waals surface area contributed by atoms with E-state index in [0.717, 1.165) is 32.7 Å².